The summed E-state index contributed by atoms with van der Waals surface area (Å²) in [6.45, 7) is 7.13. The van der Waals surface area contributed by atoms with E-state index < -0.39 is 10.0 Å². The molecule has 1 rings (SSSR count). The molecule has 0 N–H and O–H groups in total. The molecule has 1 amide bonds. The van der Waals surface area contributed by atoms with E-state index in [9.17, 15) is 13.2 Å². The molecule has 0 fully saturated rings. The summed E-state index contributed by atoms with van der Waals surface area (Å²) in [6.07, 6.45) is 1.35. The van der Waals surface area contributed by atoms with Gasteiger partial charge in [-0.2, -0.15) is 0 Å². The van der Waals surface area contributed by atoms with Gasteiger partial charge in [-0.1, -0.05) is 18.2 Å². The fourth-order valence-electron chi connectivity index (χ4n) is 2.24. The van der Waals surface area contributed by atoms with Crippen LogP contribution >= 0.6 is 0 Å². The van der Waals surface area contributed by atoms with Crippen LogP contribution in [0.2, 0.25) is 0 Å². The number of hydrogen-bond acceptors (Lipinski definition) is 3. The number of amides is 1. The molecular formula is C15H24N2O3S. The van der Waals surface area contributed by atoms with Gasteiger partial charge >= 0.3 is 0 Å². The number of carbonyl (C=O) groups excluding carboxylic acids is 1. The summed E-state index contributed by atoms with van der Waals surface area (Å²) in [7, 11) is -3.41. The number of nitrogens with zero attached hydrogens (tertiary/aromatic N) is 2. The van der Waals surface area contributed by atoms with Crippen molar-refractivity contribution in [1.29, 1.82) is 0 Å². The second-order valence-electron chi connectivity index (χ2n) is 4.94. The maximum atomic E-state index is 12.1. The zero-order valence-electron chi connectivity index (χ0n) is 13.2. The molecule has 0 unspecified atom stereocenters. The molecule has 0 aliphatic rings. The maximum absolute atomic E-state index is 12.1. The Hall–Kier alpha value is -1.56. The molecule has 0 aliphatic carbocycles. The molecule has 0 heterocycles. The number of anilines is 1. The van der Waals surface area contributed by atoms with E-state index in [-0.39, 0.29) is 18.9 Å². The van der Waals surface area contributed by atoms with Crippen molar-refractivity contribution in [3.05, 3.63) is 29.8 Å². The van der Waals surface area contributed by atoms with Gasteiger partial charge in [-0.25, -0.2) is 8.42 Å². The third kappa shape index (κ3) is 4.74. The molecule has 5 nitrogen and oxygen atoms in total. The molecule has 0 saturated heterocycles. The number of para-hydroxylation sites is 1. The lowest BCUT2D eigenvalue weighted by atomic mass is 10.2. The Morgan fingerprint density at radius 1 is 1.14 bits per heavy atom. The summed E-state index contributed by atoms with van der Waals surface area (Å²) in [6, 6.07) is 7.28. The van der Waals surface area contributed by atoms with E-state index in [4.69, 9.17) is 0 Å². The summed E-state index contributed by atoms with van der Waals surface area (Å²) >= 11 is 0. The molecule has 6 heteroatoms. The maximum Gasteiger partial charge on any atom is 0.232 e. The summed E-state index contributed by atoms with van der Waals surface area (Å²) < 4.78 is 25.3. The van der Waals surface area contributed by atoms with Crippen LogP contribution in [0, 0.1) is 6.92 Å². The quantitative estimate of drug-likeness (QED) is 0.774. The topological polar surface area (TPSA) is 57.7 Å². The van der Waals surface area contributed by atoms with Crippen LogP contribution in [-0.4, -0.2) is 45.1 Å². The second-order valence-corrected chi connectivity index (χ2v) is 6.84. The number of carbonyl (C=O) groups is 1. The molecule has 21 heavy (non-hydrogen) atoms. The van der Waals surface area contributed by atoms with E-state index in [1.54, 1.807) is 17.0 Å². The van der Waals surface area contributed by atoms with E-state index >= 15 is 0 Å². The van der Waals surface area contributed by atoms with Crippen LogP contribution in [0.15, 0.2) is 24.3 Å². The molecule has 1 aromatic carbocycles. The van der Waals surface area contributed by atoms with Crippen LogP contribution in [0.3, 0.4) is 0 Å². The molecule has 0 saturated carbocycles. The average molecular weight is 312 g/mol. The highest BCUT2D eigenvalue weighted by Crippen LogP contribution is 2.22. The smallest absolute Gasteiger partial charge is 0.232 e. The largest absolute Gasteiger partial charge is 0.343 e. The number of rotatable bonds is 7. The lowest BCUT2D eigenvalue weighted by molar-refractivity contribution is -0.130. The average Bonchev–Trinajstić information content (AvgIpc) is 2.41. The number of sulfonamides is 1. The third-order valence-electron chi connectivity index (χ3n) is 3.43. The number of benzene rings is 1. The minimum absolute atomic E-state index is 0.0257. The molecule has 0 bridgehead atoms. The molecule has 118 valence electrons. The first-order valence-electron chi connectivity index (χ1n) is 7.12. The molecule has 0 aliphatic heterocycles. The van der Waals surface area contributed by atoms with Crippen molar-refractivity contribution < 1.29 is 13.2 Å². The SMILES string of the molecule is CCN(CC)C(=O)CCN(c1ccccc1C)S(C)(=O)=O. The van der Waals surface area contributed by atoms with Gasteiger partial charge in [-0.15, -0.1) is 0 Å². The van der Waals surface area contributed by atoms with Crippen LogP contribution < -0.4 is 4.31 Å². The summed E-state index contributed by atoms with van der Waals surface area (Å²) in [4.78, 5) is 13.8. The lowest BCUT2D eigenvalue weighted by Gasteiger charge is -2.25. The summed E-state index contributed by atoms with van der Waals surface area (Å²) in [5, 5.41) is 0. The second kappa shape index (κ2) is 7.45. The molecular weight excluding hydrogens is 288 g/mol. The zero-order chi connectivity index (χ0) is 16.0. The van der Waals surface area contributed by atoms with Gasteiger partial charge in [0.2, 0.25) is 15.9 Å². The van der Waals surface area contributed by atoms with E-state index in [0.717, 1.165) is 5.56 Å². The van der Waals surface area contributed by atoms with Gasteiger partial charge in [0, 0.05) is 26.1 Å². The number of aryl methyl sites for hydroxylation is 1. The first-order valence-corrected chi connectivity index (χ1v) is 8.97. The zero-order valence-corrected chi connectivity index (χ0v) is 14.0. The standard InChI is InChI=1S/C15H24N2O3S/c1-5-16(6-2)15(18)11-12-17(21(4,19)20)14-10-8-7-9-13(14)3/h7-10H,5-6,11-12H2,1-4H3. The van der Waals surface area contributed by atoms with Crippen LogP contribution in [0.4, 0.5) is 5.69 Å². The van der Waals surface area contributed by atoms with Gasteiger partial charge in [-0.05, 0) is 32.4 Å². The Bertz CT molecular complexity index is 580. The number of hydrogen-bond donors (Lipinski definition) is 0. The van der Waals surface area contributed by atoms with Crippen molar-refractivity contribution >= 4 is 21.6 Å². The highest BCUT2D eigenvalue weighted by atomic mass is 32.2. The predicted molar refractivity (Wildman–Crippen MR) is 85.9 cm³/mol. The monoisotopic (exact) mass is 312 g/mol. The van der Waals surface area contributed by atoms with E-state index in [1.165, 1.54) is 10.6 Å². The Morgan fingerprint density at radius 3 is 2.19 bits per heavy atom. The summed E-state index contributed by atoms with van der Waals surface area (Å²) in [5.41, 5.74) is 1.51. The molecule has 0 atom stereocenters. The van der Waals surface area contributed by atoms with Crippen molar-refractivity contribution in [2.45, 2.75) is 27.2 Å². The minimum atomic E-state index is -3.41. The van der Waals surface area contributed by atoms with Crippen molar-refractivity contribution in [1.82, 2.24) is 4.90 Å². The molecule has 0 radical (unpaired) electrons. The van der Waals surface area contributed by atoms with Crippen molar-refractivity contribution in [3.8, 4) is 0 Å². The van der Waals surface area contributed by atoms with Crippen LogP contribution in [0.1, 0.15) is 25.8 Å². The van der Waals surface area contributed by atoms with Gasteiger partial charge in [0.25, 0.3) is 0 Å². The van der Waals surface area contributed by atoms with Gasteiger partial charge < -0.3 is 4.90 Å². The minimum Gasteiger partial charge on any atom is -0.343 e. The van der Waals surface area contributed by atoms with Gasteiger partial charge in [0.15, 0.2) is 0 Å². The van der Waals surface area contributed by atoms with Gasteiger partial charge in [0.05, 0.1) is 11.9 Å². The Balaban J connectivity index is 2.93. The highest BCUT2D eigenvalue weighted by Gasteiger charge is 2.21. The third-order valence-corrected chi connectivity index (χ3v) is 4.61. The van der Waals surface area contributed by atoms with Crippen LogP contribution in [0.25, 0.3) is 0 Å². The van der Waals surface area contributed by atoms with Gasteiger partial charge in [0.1, 0.15) is 0 Å². The molecule has 1 aromatic rings. The Kier molecular flexibility index (Phi) is 6.20. The highest BCUT2D eigenvalue weighted by molar-refractivity contribution is 7.92. The lowest BCUT2D eigenvalue weighted by Crippen LogP contribution is -2.37. The van der Waals surface area contributed by atoms with Crippen LogP contribution in [-0.2, 0) is 14.8 Å². The van der Waals surface area contributed by atoms with E-state index in [1.807, 2.05) is 32.9 Å². The molecule has 0 spiro atoms. The Morgan fingerprint density at radius 2 is 1.71 bits per heavy atom. The van der Waals surface area contributed by atoms with Crippen LogP contribution in [0.5, 0.6) is 0 Å². The fourth-order valence-corrected chi connectivity index (χ4v) is 3.22. The van der Waals surface area contributed by atoms with E-state index in [2.05, 4.69) is 0 Å². The van der Waals surface area contributed by atoms with E-state index in [0.29, 0.717) is 18.8 Å². The fraction of sp³-hybridized carbons (Fsp3) is 0.533. The normalized spacial score (nSPS) is 11.2. The first kappa shape index (κ1) is 17.5. The van der Waals surface area contributed by atoms with Crippen molar-refractivity contribution in [2.24, 2.45) is 0 Å². The first-order chi connectivity index (χ1) is 9.81. The molecule has 0 aromatic heterocycles. The van der Waals surface area contributed by atoms with Crippen molar-refractivity contribution in [3.63, 3.8) is 0 Å². The Labute approximate surface area is 127 Å². The van der Waals surface area contributed by atoms with Gasteiger partial charge in [-0.3, -0.25) is 9.10 Å². The van der Waals surface area contributed by atoms with Crippen molar-refractivity contribution in [2.75, 3.05) is 30.2 Å². The summed E-state index contributed by atoms with van der Waals surface area (Å²) in [5.74, 6) is -0.0257. The predicted octanol–water partition coefficient (Wildman–Crippen LogP) is 2.02.